The van der Waals surface area contributed by atoms with Crippen LogP contribution in [0.3, 0.4) is 0 Å². The van der Waals surface area contributed by atoms with Gasteiger partial charge < -0.3 is 14.7 Å². The highest BCUT2D eigenvalue weighted by Crippen LogP contribution is 2.35. The van der Waals surface area contributed by atoms with Crippen molar-refractivity contribution in [3.63, 3.8) is 0 Å². The third-order valence-electron chi connectivity index (χ3n) is 3.47. The van der Waals surface area contributed by atoms with E-state index in [2.05, 4.69) is 4.74 Å². The predicted molar refractivity (Wildman–Crippen MR) is 64.8 cm³/mol. The van der Waals surface area contributed by atoms with E-state index in [0.29, 0.717) is 0 Å². The van der Waals surface area contributed by atoms with E-state index in [4.69, 9.17) is 5.11 Å². The molecule has 1 aliphatic rings. The number of halogens is 3. The van der Waals surface area contributed by atoms with E-state index in [1.54, 1.807) is 0 Å². The van der Waals surface area contributed by atoms with E-state index in [1.165, 1.54) is 25.1 Å². The van der Waals surface area contributed by atoms with Gasteiger partial charge in [0.15, 0.2) is 0 Å². The molecule has 1 aliphatic heterocycles. The van der Waals surface area contributed by atoms with E-state index in [-0.39, 0.29) is 18.5 Å². The summed E-state index contributed by atoms with van der Waals surface area (Å²) in [7, 11) is 0. The molecular weight excluding hydrogens is 291 g/mol. The molecule has 5 nitrogen and oxygen atoms in total. The van der Waals surface area contributed by atoms with Gasteiger partial charge in [0.25, 0.3) is 5.91 Å². The third kappa shape index (κ3) is 2.79. The zero-order valence-corrected chi connectivity index (χ0v) is 11.0. The predicted octanol–water partition coefficient (Wildman–Crippen LogP) is 2.27. The molecule has 1 aromatic rings. The van der Waals surface area contributed by atoms with Gasteiger partial charge in [0, 0.05) is 6.54 Å². The lowest BCUT2D eigenvalue weighted by atomic mass is 9.86. The van der Waals surface area contributed by atoms with Crippen molar-refractivity contribution in [2.45, 2.75) is 25.2 Å². The van der Waals surface area contributed by atoms with Crippen LogP contribution in [0.5, 0.6) is 5.75 Å². The molecule has 1 unspecified atom stereocenters. The van der Waals surface area contributed by atoms with Crippen LogP contribution in [0.4, 0.5) is 13.2 Å². The van der Waals surface area contributed by atoms with Crippen LogP contribution in [-0.2, 0) is 4.79 Å². The largest absolute Gasteiger partial charge is 0.573 e. The zero-order valence-electron chi connectivity index (χ0n) is 11.0. The van der Waals surface area contributed by atoms with Crippen molar-refractivity contribution >= 4 is 11.9 Å². The van der Waals surface area contributed by atoms with E-state index in [0.717, 1.165) is 11.0 Å². The van der Waals surface area contributed by atoms with Crippen LogP contribution >= 0.6 is 0 Å². The van der Waals surface area contributed by atoms with Crippen molar-refractivity contribution in [2.75, 3.05) is 6.54 Å². The van der Waals surface area contributed by atoms with Crippen molar-refractivity contribution in [3.8, 4) is 5.75 Å². The number of aliphatic carboxylic acids is 1. The lowest BCUT2D eigenvalue weighted by Gasteiger charge is -2.47. The summed E-state index contributed by atoms with van der Waals surface area (Å²) in [5.41, 5.74) is -1.72. The SMILES string of the molecule is CC1(C(=O)O)CCN1C(=O)c1ccccc1OC(F)(F)F. The van der Waals surface area contributed by atoms with Gasteiger partial charge in [0.1, 0.15) is 11.3 Å². The molecule has 2 rings (SSSR count). The standard InChI is InChI=1S/C13H12F3NO4/c1-12(11(19)20)6-7-17(12)10(18)8-4-2-3-5-9(8)21-13(14,15)16/h2-5H,6-7H2,1H3,(H,19,20). The van der Waals surface area contributed by atoms with Gasteiger partial charge in [0.05, 0.1) is 5.56 Å². The Bertz CT molecular complexity index is 587. The normalized spacial score (nSPS) is 21.6. The number of carbonyl (C=O) groups excluding carboxylic acids is 1. The van der Waals surface area contributed by atoms with Crippen LogP contribution in [0, 0.1) is 0 Å². The number of carboxylic acids is 1. The summed E-state index contributed by atoms with van der Waals surface area (Å²) in [5, 5.41) is 9.11. The number of nitrogens with zero attached hydrogens (tertiary/aromatic N) is 1. The number of hydrogen-bond acceptors (Lipinski definition) is 3. The highest BCUT2D eigenvalue weighted by Gasteiger charge is 2.50. The molecule has 0 radical (unpaired) electrons. The second kappa shape index (κ2) is 4.94. The Balaban J connectivity index is 2.31. The van der Waals surface area contributed by atoms with Crippen LogP contribution in [0.25, 0.3) is 0 Å². The first-order valence-electron chi connectivity index (χ1n) is 6.05. The lowest BCUT2D eigenvalue weighted by molar-refractivity contribution is -0.274. The number of carboxylic acid groups (broad SMARTS) is 1. The third-order valence-corrected chi connectivity index (χ3v) is 3.47. The minimum Gasteiger partial charge on any atom is -0.480 e. The number of hydrogen-bond donors (Lipinski definition) is 1. The molecule has 1 saturated heterocycles. The number of amides is 1. The molecule has 8 heteroatoms. The fourth-order valence-corrected chi connectivity index (χ4v) is 2.11. The summed E-state index contributed by atoms with van der Waals surface area (Å²) < 4.78 is 40.8. The molecule has 21 heavy (non-hydrogen) atoms. The summed E-state index contributed by atoms with van der Waals surface area (Å²) in [6, 6.07) is 4.86. The van der Waals surface area contributed by atoms with Gasteiger partial charge in [-0.05, 0) is 25.5 Å². The molecule has 1 amide bonds. The average Bonchev–Trinajstić information content (AvgIpc) is 2.34. The molecule has 1 N–H and O–H groups in total. The number of carbonyl (C=O) groups is 2. The highest BCUT2D eigenvalue weighted by molar-refractivity contribution is 6.01. The summed E-state index contributed by atoms with van der Waals surface area (Å²) in [5.74, 6) is -2.64. The molecular formula is C13H12F3NO4. The van der Waals surface area contributed by atoms with Gasteiger partial charge >= 0.3 is 12.3 Å². The Labute approximate surface area is 117 Å². The monoisotopic (exact) mass is 303 g/mol. The van der Waals surface area contributed by atoms with Crippen LogP contribution in [0.2, 0.25) is 0 Å². The van der Waals surface area contributed by atoms with Gasteiger partial charge in [-0.2, -0.15) is 0 Å². The quantitative estimate of drug-likeness (QED) is 0.930. The van der Waals surface area contributed by atoms with Crippen molar-refractivity contribution in [2.24, 2.45) is 0 Å². The topological polar surface area (TPSA) is 66.8 Å². The van der Waals surface area contributed by atoms with Crippen molar-refractivity contribution in [1.82, 2.24) is 4.90 Å². The van der Waals surface area contributed by atoms with E-state index < -0.39 is 29.5 Å². The lowest BCUT2D eigenvalue weighted by Crippen LogP contribution is -2.64. The molecule has 114 valence electrons. The number of likely N-dealkylation sites (tertiary alicyclic amines) is 1. The maximum absolute atomic E-state index is 12.3. The number of para-hydroxylation sites is 1. The Hall–Kier alpha value is -2.25. The van der Waals surface area contributed by atoms with Gasteiger partial charge in [-0.15, -0.1) is 13.2 Å². The number of rotatable bonds is 3. The Kier molecular flexibility index (Phi) is 3.56. The molecule has 1 heterocycles. The van der Waals surface area contributed by atoms with Gasteiger partial charge in [-0.1, -0.05) is 12.1 Å². The van der Waals surface area contributed by atoms with Gasteiger partial charge in [-0.25, -0.2) is 4.79 Å². The van der Waals surface area contributed by atoms with Crippen LogP contribution < -0.4 is 4.74 Å². The Morgan fingerprint density at radius 2 is 1.95 bits per heavy atom. The fraction of sp³-hybridized carbons (Fsp3) is 0.385. The molecule has 0 spiro atoms. The molecule has 0 aromatic heterocycles. The Morgan fingerprint density at radius 1 is 1.33 bits per heavy atom. The smallest absolute Gasteiger partial charge is 0.480 e. The second-order valence-electron chi connectivity index (χ2n) is 4.83. The van der Waals surface area contributed by atoms with Crippen molar-refractivity contribution in [3.05, 3.63) is 29.8 Å². The van der Waals surface area contributed by atoms with Gasteiger partial charge in [0.2, 0.25) is 0 Å². The van der Waals surface area contributed by atoms with Gasteiger partial charge in [-0.3, -0.25) is 4.79 Å². The summed E-state index contributed by atoms with van der Waals surface area (Å²) in [6.45, 7) is 1.52. The first kappa shape index (κ1) is 15.1. The van der Waals surface area contributed by atoms with E-state index in [9.17, 15) is 22.8 Å². The molecule has 1 atom stereocenters. The summed E-state index contributed by atoms with van der Waals surface area (Å²) >= 11 is 0. The first-order chi connectivity index (χ1) is 9.65. The average molecular weight is 303 g/mol. The van der Waals surface area contributed by atoms with Crippen molar-refractivity contribution < 1.29 is 32.6 Å². The number of benzene rings is 1. The maximum Gasteiger partial charge on any atom is 0.573 e. The molecule has 0 saturated carbocycles. The minimum absolute atomic E-state index is 0.169. The molecule has 1 fully saturated rings. The Morgan fingerprint density at radius 3 is 2.43 bits per heavy atom. The van der Waals surface area contributed by atoms with Crippen LogP contribution in [0.1, 0.15) is 23.7 Å². The van der Waals surface area contributed by atoms with Crippen molar-refractivity contribution in [1.29, 1.82) is 0 Å². The maximum atomic E-state index is 12.3. The number of ether oxygens (including phenoxy) is 1. The van der Waals surface area contributed by atoms with Crippen LogP contribution in [0.15, 0.2) is 24.3 Å². The van der Waals surface area contributed by atoms with Crippen LogP contribution in [-0.4, -0.2) is 40.3 Å². The van der Waals surface area contributed by atoms with E-state index in [1.807, 2.05) is 0 Å². The summed E-state index contributed by atoms with van der Waals surface area (Å²) in [6.07, 6.45) is -4.68. The minimum atomic E-state index is -4.93. The molecule has 0 bridgehead atoms. The highest BCUT2D eigenvalue weighted by atomic mass is 19.4. The fourth-order valence-electron chi connectivity index (χ4n) is 2.11. The first-order valence-corrected chi connectivity index (χ1v) is 6.05. The second-order valence-corrected chi connectivity index (χ2v) is 4.83. The molecule has 0 aliphatic carbocycles. The number of alkyl halides is 3. The summed E-state index contributed by atoms with van der Waals surface area (Å²) in [4.78, 5) is 24.4. The van der Waals surface area contributed by atoms with E-state index >= 15 is 0 Å². The molecule has 1 aromatic carbocycles. The zero-order chi connectivity index (χ0) is 15.8.